The van der Waals surface area contributed by atoms with Gasteiger partial charge >= 0.3 is 6.01 Å². The van der Waals surface area contributed by atoms with Crippen LogP contribution in [0, 0.1) is 0 Å². The van der Waals surface area contributed by atoms with Gasteiger partial charge in [0.05, 0.1) is 7.11 Å². The van der Waals surface area contributed by atoms with E-state index in [0.717, 1.165) is 6.54 Å². The molecule has 90 valence electrons. The number of hydrogen-bond acceptors (Lipinski definition) is 4. The van der Waals surface area contributed by atoms with E-state index in [1.54, 1.807) is 31.5 Å². The van der Waals surface area contributed by atoms with Crippen molar-refractivity contribution < 1.29 is 9.47 Å². The summed E-state index contributed by atoms with van der Waals surface area (Å²) in [4.78, 5) is 4.13. The number of nitrogens with two attached hydrogens (primary N) is 1. The zero-order valence-corrected chi connectivity index (χ0v) is 9.88. The molecular formula is C12H15N3O2. The van der Waals surface area contributed by atoms with Crippen molar-refractivity contribution in [2.45, 2.75) is 13.5 Å². The molecule has 0 saturated carbocycles. The van der Waals surface area contributed by atoms with Crippen molar-refractivity contribution in [2.75, 3.05) is 12.8 Å². The fraction of sp³-hybridized carbons (Fsp3) is 0.250. The van der Waals surface area contributed by atoms with Crippen LogP contribution in [0.1, 0.15) is 6.92 Å². The first-order valence-electron chi connectivity index (χ1n) is 5.37. The number of methoxy groups -OCH3 is 1. The number of aryl methyl sites for hydroxylation is 1. The lowest BCUT2D eigenvalue weighted by molar-refractivity contribution is 0.359. The third-order valence-electron chi connectivity index (χ3n) is 2.41. The molecule has 0 unspecified atom stereocenters. The van der Waals surface area contributed by atoms with Gasteiger partial charge in [0.1, 0.15) is 0 Å². The fourth-order valence-corrected chi connectivity index (χ4v) is 1.51. The number of hydrogen-bond donors (Lipinski definition) is 1. The van der Waals surface area contributed by atoms with Crippen LogP contribution < -0.4 is 15.2 Å². The van der Waals surface area contributed by atoms with Crippen LogP contribution in [0.25, 0.3) is 0 Å². The van der Waals surface area contributed by atoms with Gasteiger partial charge in [-0.3, -0.25) is 0 Å². The van der Waals surface area contributed by atoms with Crippen LogP contribution in [0.5, 0.6) is 17.5 Å². The van der Waals surface area contributed by atoms with Crippen molar-refractivity contribution >= 4 is 5.69 Å². The second-order valence-electron chi connectivity index (χ2n) is 3.51. The summed E-state index contributed by atoms with van der Waals surface area (Å²) in [5, 5.41) is 0. The Morgan fingerprint density at radius 1 is 1.35 bits per heavy atom. The SMILES string of the molecule is CCn1ccnc1Oc1ccc(N)cc1OC. The lowest BCUT2D eigenvalue weighted by Crippen LogP contribution is -1.99. The Labute approximate surface area is 99.8 Å². The molecule has 2 rings (SSSR count). The van der Waals surface area contributed by atoms with Crippen molar-refractivity contribution in [1.82, 2.24) is 9.55 Å². The minimum Gasteiger partial charge on any atom is -0.493 e. The van der Waals surface area contributed by atoms with Crippen LogP contribution in [0.15, 0.2) is 30.6 Å². The van der Waals surface area contributed by atoms with Crippen LogP contribution in [-0.4, -0.2) is 16.7 Å². The van der Waals surface area contributed by atoms with Gasteiger partial charge in [0.15, 0.2) is 11.5 Å². The zero-order chi connectivity index (χ0) is 12.3. The summed E-state index contributed by atoms with van der Waals surface area (Å²) in [7, 11) is 1.58. The number of imidazole rings is 1. The van der Waals surface area contributed by atoms with Gasteiger partial charge in [-0.2, -0.15) is 0 Å². The maximum Gasteiger partial charge on any atom is 0.301 e. The fourth-order valence-electron chi connectivity index (χ4n) is 1.51. The third-order valence-corrected chi connectivity index (χ3v) is 2.41. The lowest BCUT2D eigenvalue weighted by atomic mass is 10.3. The van der Waals surface area contributed by atoms with Crippen LogP contribution >= 0.6 is 0 Å². The molecule has 0 aliphatic rings. The van der Waals surface area contributed by atoms with Gasteiger partial charge < -0.3 is 19.8 Å². The van der Waals surface area contributed by atoms with Gasteiger partial charge in [0, 0.05) is 30.7 Å². The number of nitrogens with zero attached hydrogens (tertiary/aromatic N) is 2. The molecule has 1 aromatic carbocycles. The molecule has 1 aromatic heterocycles. The van der Waals surface area contributed by atoms with E-state index in [0.29, 0.717) is 23.2 Å². The minimum absolute atomic E-state index is 0.538. The van der Waals surface area contributed by atoms with Crippen LogP contribution in [0.2, 0.25) is 0 Å². The third kappa shape index (κ3) is 2.33. The van der Waals surface area contributed by atoms with E-state index in [9.17, 15) is 0 Å². The number of nitrogen functional groups attached to an aromatic ring is 1. The standard InChI is InChI=1S/C12H15N3O2/c1-3-15-7-6-14-12(15)17-10-5-4-9(13)8-11(10)16-2/h4-8H,3,13H2,1-2H3. The largest absolute Gasteiger partial charge is 0.493 e. The molecule has 2 N–H and O–H groups in total. The van der Waals surface area contributed by atoms with E-state index < -0.39 is 0 Å². The molecule has 0 bridgehead atoms. The van der Waals surface area contributed by atoms with Crippen molar-refractivity contribution in [3.8, 4) is 17.5 Å². The van der Waals surface area contributed by atoms with Crippen molar-refractivity contribution in [3.63, 3.8) is 0 Å². The van der Waals surface area contributed by atoms with Crippen molar-refractivity contribution in [1.29, 1.82) is 0 Å². The Kier molecular flexibility index (Phi) is 3.18. The van der Waals surface area contributed by atoms with Gasteiger partial charge in [0.2, 0.25) is 0 Å². The highest BCUT2D eigenvalue weighted by molar-refractivity contribution is 5.52. The van der Waals surface area contributed by atoms with Gasteiger partial charge in [-0.25, -0.2) is 4.98 Å². The molecule has 0 atom stereocenters. The summed E-state index contributed by atoms with van der Waals surface area (Å²) < 4.78 is 12.8. The maximum absolute atomic E-state index is 5.69. The van der Waals surface area contributed by atoms with E-state index in [2.05, 4.69) is 4.98 Å². The number of rotatable bonds is 4. The number of anilines is 1. The highest BCUT2D eigenvalue weighted by Gasteiger charge is 2.09. The predicted octanol–water partition coefficient (Wildman–Crippen LogP) is 2.29. The van der Waals surface area contributed by atoms with Gasteiger partial charge in [-0.15, -0.1) is 0 Å². The summed E-state index contributed by atoms with van der Waals surface area (Å²) >= 11 is 0. The molecule has 0 spiro atoms. The van der Waals surface area contributed by atoms with Crippen molar-refractivity contribution in [3.05, 3.63) is 30.6 Å². The average molecular weight is 233 g/mol. The Bertz CT molecular complexity index is 508. The highest BCUT2D eigenvalue weighted by atomic mass is 16.5. The lowest BCUT2D eigenvalue weighted by Gasteiger charge is -2.10. The molecule has 2 aromatic rings. The van der Waals surface area contributed by atoms with Gasteiger partial charge in [-0.1, -0.05) is 0 Å². The van der Waals surface area contributed by atoms with E-state index >= 15 is 0 Å². The Hall–Kier alpha value is -2.17. The molecule has 17 heavy (non-hydrogen) atoms. The summed E-state index contributed by atoms with van der Waals surface area (Å²) in [5.41, 5.74) is 6.31. The summed E-state index contributed by atoms with van der Waals surface area (Å²) in [6.45, 7) is 2.82. The molecule has 0 saturated heterocycles. The van der Waals surface area contributed by atoms with Gasteiger partial charge in [-0.05, 0) is 19.1 Å². The van der Waals surface area contributed by atoms with Crippen molar-refractivity contribution in [2.24, 2.45) is 0 Å². The molecule has 5 nitrogen and oxygen atoms in total. The number of aromatic nitrogens is 2. The average Bonchev–Trinajstić information content (AvgIpc) is 2.78. The normalized spacial score (nSPS) is 10.2. The van der Waals surface area contributed by atoms with Gasteiger partial charge in [0.25, 0.3) is 0 Å². The van der Waals surface area contributed by atoms with Crippen LogP contribution in [0.3, 0.4) is 0 Å². The summed E-state index contributed by atoms with van der Waals surface area (Å²) in [6, 6.07) is 5.78. The summed E-state index contributed by atoms with van der Waals surface area (Å²) in [5.74, 6) is 1.19. The second kappa shape index (κ2) is 4.78. The monoisotopic (exact) mass is 233 g/mol. The molecule has 5 heteroatoms. The molecule has 0 amide bonds. The summed E-state index contributed by atoms with van der Waals surface area (Å²) in [6.07, 6.45) is 3.56. The zero-order valence-electron chi connectivity index (χ0n) is 9.88. The minimum atomic E-state index is 0.538. The number of benzene rings is 1. The molecule has 0 fully saturated rings. The van der Waals surface area contributed by atoms with E-state index in [1.807, 2.05) is 17.7 Å². The highest BCUT2D eigenvalue weighted by Crippen LogP contribution is 2.32. The van der Waals surface area contributed by atoms with Crippen LogP contribution in [-0.2, 0) is 6.54 Å². The Morgan fingerprint density at radius 3 is 2.88 bits per heavy atom. The Balaban J connectivity index is 2.29. The molecule has 0 aliphatic carbocycles. The molecule has 1 heterocycles. The topological polar surface area (TPSA) is 62.3 Å². The predicted molar refractivity (Wildman–Crippen MR) is 65.4 cm³/mol. The van der Waals surface area contributed by atoms with Crippen LogP contribution in [0.4, 0.5) is 5.69 Å². The first-order valence-corrected chi connectivity index (χ1v) is 5.37. The number of ether oxygens (including phenoxy) is 2. The first-order chi connectivity index (χ1) is 8.24. The van der Waals surface area contributed by atoms with E-state index in [-0.39, 0.29) is 0 Å². The smallest absolute Gasteiger partial charge is 0.301 e. The molecule has 0 aliphatic heterocycles. The van der Waals surface area contributed by atoms with E-state index in [4.69, 9.17) is 15.2 Å². The molecule has 0 radical (unpaired) electrons. The van der Waals surface area contributed by atoms with E-state index in [1.165, 1.54) is 0 Å². The first kappa shape index (κ1) is 11.3. The maximum atomic E-state index is 5.69. The molecular weight excluding hydrogens is 218 g/mol. The Morgan fingerprint density at radius 2 is 2.18 bits per heavy atom. The quantitative estimate of drug-likeness (QED) is 0.823. The second-order valence-corrected chi connectivity index (χ2v) is 3.51.